The minimum atomic E-state index is 0.646. The lowest BCUT2D eigenvalue weighted by Crippen LogP contribution is -1.93. The van der Waals surface area contributed by atoms with Crippen LogP contribution in [-0.4, -0.2) is 0 Å². The molecule has 0 aliphatic heterocycles. The number of hydrogen-bond donors (Lipinski definition) is 4. The first-order valence-corrected chi connectivity index (χ1v) is 9.04. The van der Waals surface area contributed by atoms with E-state index in [1.165, 1.54) is 21.5 Å². The molecule has 0 unspecified atom stereocenters. The van der Waals surface area contributed by atoms with Gasteiger partial charge in [0.2, 0.25) is 0 Å². The van der Waals surface area contributed by atoms with Crippen LogP contribution in [0.1, 0.15) is 0 Å². The summed E-state index contributed by atoms with van der Waals surface area (Å²) in [7, 11) is 0. The highest BCUT2D eigenvalue weighted by molar-refractivity contribution is 6.28. The second-order valence-corrected chi connectivity index (χ2v) is 6.75. The molecule has 0 heterocycles. The zero-order valence-corrected chi connectivity index (χ0v) is 15.4. The Morgan fingerprint density at radius 1 is 0.393 bits per heavy atom. The molecule has 0 radical (unpaired) electrons. The van der Waals surface area contributed by atoms with Gasteiger partial charge in [0.05, 0.1) is 11.4 Å². The van der Waals surface area contributed by atoms with Crippen molar-refractivity contribution in [3.63, 3.8) is 0 Å². The van der Waals surface area contributed by atoms with Crippen molar-refractivity contribution in [3.05, 3.63) is 84.9 Å². The first-order valence-electron chi connectivity index (χ1n) is 9.04. The molecule has 4 heteroatoms. The summed E-state index contributed by atoms with van der Waals surface area (Å²) in [6.07, 6.45) is 0. The van der Waals surface area contributed by atoms with Crippen molar-refractivity contribution in [1.82, 2.24) is 0 Å². The van der Waals surface area contributed by atoms with E-state index in [-0.39, 0.29) is 0 Å². The summed E-state index contributed by atoms with van der Waals surface area (Å²) in [5.41, 5.74) is 25.7. The van der Waals surface area contributed by atoms with Crippen LogP contribution in [0, 0.1) is 0 Å². The monoisotopic (exact) mass is 366 g/mol. The van der Waals surface area contributed by atoms with Gasteiger partial charge in [-0.05, 0) is 51.2 Å². The second-order valence-electron chi connectivity index (χ2n) is 6.75. The van der Waals surface area contributed by atoms with E-state index in [0.29, 0.717) is 17.1 Å². The number of nitrogens with two attached hydrogens (primary N) is 4. The quantitative estimate of drug-likeness (QED) is 0.224. The lowest BCUT2D eigenvalue weighted by Gasteiger charge is -2.12. The summed E-state index contributed by atoms with van der Waals surface area (Å²) in [5.74, 6) is 0. The Morgan fingerprint density at radius 2 is 0.821 bits per heavy atom. The fourth-order valence-electron chi connectivity index (χ4n) is 3.60. The molecule has 0 saturated carbocycles. The van der Waals surface area contributed by atoms with Gasteiger partial charge >= 0.3 is 0 Å². The van der Waals surface area contributed by atoms with Crippen LogP contribution in [0.5, 0.6) is 0 Å². The van der Waals surface area contributed by atoms with Crippen LogP contribution < -0.4 is 22.9 Å². The van der Waals surface area contributed by atoms with E-state index < -0.39 is 0 Å². The van der Waals surface area contributed by atoms with Crippen molar-refractivity contribution in [2.45, 2.75) is 0 Å². The van der Waals surface area contributed by atoms with Gasteiger partial charge < -0.3 is 22.9 Å². The SMILES string of the molecule is Nc1cc(N)c2c3ccccc3c3ccccc3c2c1.Nc1ccccc1N. The summed E-state index contributed by atoms with van der Waals surface area (Å²) in [6.45, 7) is 0. The van der Waals surface area contributed by atoms with Crippen LogP contribution in [-0.2, 0) is 0 Å². The average Bonchev–Trinajstić information content (AvgIpc) is 2.70. The summed E-state index contributed by atoms with van der Waals surface area (Å²) in [6, 6.07) is 27.9. The maximum absolute atomic E-state index is 6.23. The van der Waals surface area contributed by atoms with Gasteiger partial charge in [-0.3, -0.25) is 0 Å². The third-order valence-electron chi connectivity index (χ3n) is 4.89. The zero-order valence-electron chi connectivity index (χ0n) is 15.4. The Morgan fingerprint density at radius 3 is 1.36 bits per heavy atom. The largest absolute Gasteiger partial charge is 0.399 e. The van der Waals surface area contributed by atoms with Crippen LogP contribution >= 0.6 is 0 Å². The number of anilines is 4. The molecule has 5 aromatic rings. The van der Waals surface area contributed by atoms with Gasteiger partial charge in [-0.2, -0.15) is 0 Å². The molecule has 138 valence electrons. The van der Waals surface area contributed by atoms with E-state index in [0.717, 1.165) is 16.5 Å². The van der Waals surface area contributed by atoms with E-state index in [2.05, 4.69) is 42.5 Å². The molecular formula is C24H22N4. The first-order chi connectivity index (χ1) is 13.6. The molecule has 0 bridgehead atoms. The van der Waals surface area contributed by atoms with Gasteiger partial charge in [-0.1, -0.05) is 60.7 Å². The Balaban J connectivity index is 0.000000203. The van der Waals surface area contributed by atoms with E-state index in [4.69, 9.17) is 22.9 Å². The smallest absolute Gasteiger partial charge is 0.0547 e. The van der Waals surface area contributed by atoms with E-state index in [9.17, 15) is 0 Å². The maximum atomic E-state index is 6.23. The zero-order chi connectivity index (χ0) is 19.7. The third-order valence-corrected chi connectivity index (χ3v) is 4.89. The van der Waals surface area contributed by atoms with Crippen molar-refractivity contribution in [2.24, 2.45) is 0 Å². The number of nitrogen functional groups attached to an aromatic ring is 4. The van der Waals surface area contributed by atoms with Crippen LogP contribution in [0.25, 0.3) is 32.3 Å². The number of para-hydroxylation sites is 2. The molecule has 8 N–H and O–H groups in total. The van der Waals surface area contributed by atoms with Gasteiger partial charge in [0.15, 0.2) is 0 Å². The number of benzene rings is 5. The van der Waals surface area contributed by atoms with Crippen molar-refractivity contribution >= 4 is 55.1 Å². The molecule has 28 heavy (non-hydrogen) atoms. The molecule has 0 aromatic heterocycles. The summed E-state index contributed by atoms with van der Waals surface area (Å²) in [5, 5.41) is 7.05. The summed E-state index contributed by atoms with van der Waals surface area (Å²) < 4.78 is 0. The minimum Gasteiger partial charge on any atom is -0.399 e. The molecule has 0 spiro atoms. The Kier molecular flexibility index (Phi) is 4.38. The molecule has 0 saturated heterocycles. The Labute approximate surface area is 163 Å². The van der Waals surface area contributed by atoms with Gasteiger partial charge in [0.1, 0.15) is 0 Å². The maximum Gasteiger partial charge on any atom is 0.0547 e. The molecule has 0 amide bonds. The standard InChI is InChI=1S/C18H14N2.C6H8N2/c19-11-9-16-14-7-2-1-5-12(14)13-6-3-4-8-15(13)18(16)17(20)10-11;7-5-3-1-2-4-6(5)8/h1-10H,19-20H2;1-4H,7-8H2. The normalized spacial score (nSPS) is 10.7. The molecule has 5 rings (SSSR count). The average molecular weight is 366 g/mol. The van der Waals surface area contributed by atoms with Crippen LogP contribution in [0.15, 0.2) is 84.9 Å². The van der Waals surface area contributed by atoms with Crippen LogP contribution in [0.4, 0.5) is 22.7 Å². The van der Waals surface area contributed by atoms with Crippen molar-refractivity contribution in [2.75, 3.05) is 22.9 Å². The highest BCUT2D eigenvalue weighted by Gasteiger charge is 2.10. The van der Waals surface area contributed by atoms with Crippen molar-refractivity contribution < 1.29 is 0 Å². The molecule has 4 nitrogen and oxygen atoms in total. The van der Waals surface area contributed by atoms with Gasteiger partial charge in [0.25, 0.3) is 0 Å². The van der Waals surface area contributed by atoms with Gasteiger partial charge in [-0.15, -0.1) is 0 Å². The number of hydrogen-bond acceptors (Lipinski definition) is 4. The number of fused-ring (bicyclic) bond motifs is 6. The van der Waals surface area contributed by atoms with E-state index in [1.807, 2.05) is 30.3 Å². The predicted octanol–water partition coefficient (Wildman–Crippen LogP) is 5.16. The Hall–Kier alpha value is -3.92. The third kappa shape index (κ3) is 3.01. The van der Waals surface area contributed by atoms with Crippen LogP contribution in [0.2, 0.25) is 0 Å². The lowest BCUT2D eigenvalue weighted by molar-refractivity contribution is 1.67. The number of rotatable bonds is 0. The fraction of sp³-hybridized carbons (Fsp3) is 0. The predicted molar refractivity (Wildman–Crippen MR) is 123 cm³/mol. The minimum absolute atomic E-state index is 0.646. The van der Waals surface area contributed by atoms with Gasteiger partial charge in [-0.25, -0.2) is 0 Å². The fourth-order valence-corrected chi connectivity index (χ4v) is 3.60. The second kappa shape index (κ2) is 7.00. The summed E-state index contributed by atoms with van der Waals surface area (Å²) in [4.78, 5) is 0. The van der Waals surface area contributed by atoms with Crippen LogP contribution in [0.3, 0.4) is 0 Å². The van der Waals surface area contributed by atoms with Crippen molar-refractivity contribution in [3.8, 4) is 0 Å². The summed E-state index contributed by atoms with van der Waals surface area (Å²) >= 11 is 0. The highest BCUT2D eigenvalue weighted by Crippen LogP contribution is 2.38. The molecule has 0 atom stereocenters. The topological polar surface area (TPSA) is 104 Å². The molecule has 5 aromatic carbocycles. The van der Waals surface area contributed by atoms with Gasteiger partial charge in [0, 0.05) is 16.8 Å². The van der Waals surface area contributed by atoms with E-state index >= 15 is 0 Å². The molecule has 0 aliphatic rings. The highest BCUT2D eigenvalue weighted by atomic mass is 14.7. The molecule has 0 aliphatic carbocycles. The molecular weight excluding hydrogens is 344 g/mol. The van der Waals surface area contributed by atoms with Crippen molar-refractivity contribution in [1.29, 1.82) is 0 Å². The van der Waals surface area contributed by atoms with E-state index in [1.54, 1.807) is 12.1 Å². The lowest BCUT2D eigenvalue weighted by atomic mass is 9.93. The Bertz CT molecular complexity index is 1290. The molecule has 0 fully saturated rings. The first kappa shape index (κ1) is 17.5.